The van der Waals surface area contributed by atoms with Crippen molar-refractivity contribution in [3.8, 4) is 0 Å². The molecular weight excluding hydrogens is 210 g/mol. The first-order chi connectivity index (χ1) is 7.79. The van der Waals surface area contributed by atoms with Crippen molar-refractivity contribution in [2.45, 2.75) is 12.5 Å². The number of hydrazine groups is 1. The van der Waals surface area contributed by atoms with E-state index in [0.717, 1.165) is 6.42 Å². The van der Waals surface area contributed by atoms with Crippen LogP contribution in [0.3, 0.4) is 0 Å². The number of carbonyl (C=O) groups is 1. The van der Waals surface area contributed by atoms with Crippen molar-refractivity contribution in [3.05, 3.63) is 18.1 Å². The topological polar surface area (TPSA) is 102 Å². The van der Waals surface area contributed by atoms with Crippen LogP contribution in [-0.4, -0.2) is 35.1 Å². The molecule has 0 bridgehead atoms. The molecule has 1 fully saturated rings. The van der Waals surface area contributed by atoms with E-state index in [1.54, 1.807) is 0 Å². The van der Waals surface area contributed by atoms with Crippen LogP contribution in [0, 0.1) is 0 Å². The molecule has 1 aliphatic heterocycles. The number of nitrogen functional groups attached to an aromatic ring is 1. The third-order valence-corrected chi connectivity index (χ3v) is 2.30. The summed E-state index contributed by atoms with van der Waals surface area (Å²) in [6, 6.07) is 0.0709. The van der Waals surface area contributed by atoms with Crippen LogP contribution in [0.2, 0.25) is 0 Å². The maximum Gasteiger partial charge on any atom is 0.271 e. The van der Waals surface area contributed by atoms with Crippen molar-refractivity contribution >= 4 is 11.7 Å². The van der Waals surface area contributed by atoms with E-state index in [9.17, 15) is 4.79 Å². The molecule has 1 saturated heterocycles. The minimum absolute atomic E-state index is 0.0709. The lowest BCUT2D eigenvalue weighted by Crippen LogP contribution is -2.35. The Morgan fingerprint density at radius 3 is 2.94 bits per heavy atom. The first kappa shape index (κ1) is 10.8. The van der Waals surface area contributed by atoms with Crippen LogP contribution in [0.5, 0.6) is 0 Å². The molecule has 7 nitrogen and oxygen atoms in total. The van der Waals surface area contributed by atoms with Crippen LogP contribution in [0.15, 0.2) is 12.4 Å². The number of nitrogens with one attached hydrogen (secondary N) is 2. The fraction of sp³-hybridized carbons (Fsp3) is 0.444. The number of anilines is 1. The minimum Gasteiger partial charge on any atom is -0.379 e. The Kier molecular flexibility index (Phi) is 3.28. The highest BCUT2D eigenvalue weighted by Gasteiger charge is 2.19. The van der Waals surface area contributed by atoms with Gasteiger partial charge in [0.15, 0.2) is 5.82 Å². The number of amides is 1. The van der Waals surface area contributed by atoms with E-state index in [1.807, 2.05) is 0 Å². The number of ether oxygens (including phenoxy) is 1. The summed E-state index contributed by atoms with van der Waals surface area (Å²) in [6.45, 7) is 1.24. The van der Waals surface area contributed by atoms with E-state index in [1.165, 1.54) is 12.4 Å². The minimum atomic E-state index is -0.244. The third kappa shape index (κ3) is 2.44. The molecule has 1 unspecified atom stereocenters. The van der Waals surface area contributed by atoms with Gasteiger partial charge in [-0.3, -0.25) is 4.79 Å². The Labute approximate surface area is 92.4 Å². The fourth-order valence-corrected chi connectivity index (χ4v) is 1.43. The predicted molar refractivity (Wildman–Crippen MR) is 56.5 cm³/mol. The summed E-state index contributed by atoms with van der Waals surface area (Å²) in [5, 5.41) is 2.81. The van der Waals surface area contributed by atoms with Crippen LogP contribution < -0.4 is 16.6 Å². The van der Waals surface area contributed by atoms with Gasteiger partial charge in [0.1, 0.15) is 5.69 Å². The molecule has 2 rings (SSSR count). The molecule has 1 aromatic rings. The zero-order valence-electron chi connectivity index (χ0n) is 8.64. The average Bonchev–Trinajstić information content (AvgIpc) is 2.82. The Morgan fingerprint density at radius 1 is 1.50 bits per heavy atom. The number of hydrogen-bond donors (Lipinski definition) is 3. The molecule has 0 saturated carbocycles. The number of nitrogens with zero attached hydrogens (tertiary/aromatic N) is 2. The van der Waals surface area contributed by atoms with E-state index >= 15 is 0 Å². The van der Waals surface area contributed by atoms with Crippen molar-refractivity contribution in [1.29, 1.82) is 0 Å². The number of rotatable bonds is 3. The standard InChI is InChI=1S/C9H13N5O2/c10-14-8-4-11-7(3-12-8)9(15)13-6-1-2-16-5-6/h3-4,6H,1-2,5,10H2,(H,12,14)(H,13,15). The summed E-state index contributed by atoms with van der Waals surface area (Å²) >= 11 is 0. The lowest BCUT2D eigenvalue weighted by atomic mass is 10.2. The molecule has 0 spiro atoms. The van der Waals surface area contributed by atoms with Crippen LogP contribution in [-0.2, 0) is 4.74 Å². The van der Waals surface area contributed by atoms with Crippen molar-refractivity contribution < 1.29 is 9.53 Å². The molecular formula is C9H13N5O2. The summed E-state index contributed by atoms with van der Waals surface area (Å²) < 4.78 is 5.15. The quantitative estimate of drug-likeness (QED) is 0.461. The van der Waals surface area contributed by atoms with Gasteiger partial charge in [-0.05, 0) is 6.42 Å². The SMILES string of the molecule is NNc1cnc(C(=O)NC2CCOC2)cn1. The number of aromatic nitrogens is 2. The van der Waals surface area contributed by atoms with E-state index in [2.05, 4.69) is 20.7 Å². The normalized spacial score (nSPS) is 19.4. The maximum absolute atomic E-state index is 11.7. The van der Waals surface area contributed by atoms with Gasteiger partial charge >= 0.3 is 0 Å². The van der Waals surface area contributed by atoms with Gasteiger partial charge in [0, 0.05) is 6.61 Å². The molecule has 7 heteroatoms. The Bertz CT molecular complexity index is 361. The van der Waals surface area contributed by atoms with Gasteiger partial charge < -0.3 is 15.5 Å². The van der Waals surface area contributed by atoms with Crippen molar-refractivity contribution in [2.75, 3.05) is 18.6 Å². The smallest absolute Gasteiger partial charge is 0.271 e. The second kappa shape index (κ2) is 4.86. The summed E-state index contributed by atoms with van der Waals surface area (Å²) in [5.74, 6) is 5.31. The molecule has 86 valence electrons. The summed E-state index contributed by atoms with van der Waals surface area (Å²) in [4.78, 5) is 19.5. The van der Waals surface area contributed by atoms with E-state index in [-0.39, 0.29) is 17.6 Å². The van der Waals surface area contributed by atoms with Crippen LogP contribution in [0.1, 0.15) is 16.9 Å². The van der Waals surface area contributed by atoms with Gasteiger partial charge in [-0.1, -0.05) is 0 Å². The van der Waals surface area contributed by atoms with Gasteiger partial charge in [0.2, 0.25) is 0 Å². The van der Waals surface area contributed by atoms with Crippen LogP contribution >= 0.6 is 0 Å². The zero-order valence-corrected chi connectivity index (χ0v) is 8.64. The van der Waals surface area contributed by atoms with Gasteiger partial charge in [-0.25, -0.2) is 15.8 Å². The van der Waals surface area contributed by atoms with Gasteiger partial charge in [0.05, 0.1) is 25.0 Å². The van der Waals surface area contributed by atoms with Crippen molar-refractivity contribution in [3.63, 3.8) is 0 Å². The average molecular weight is 223 g/mol. The molecule has 16 heavy (non-hydrogen) atoms. The molecule has 2 heterocycles. The Balaban J connectivity index is 1.97. The first-order valence-corrected chi connectivity index (χ1v) is 4.97. The van der Waals surface area contributed by atoms with E-state index in [4.69, 9.17) is 10.6 Å². The summed E-state index contributed by atoms with van der Waals surface area (Å²) in [5.41, 5.74) is 2.61. The molecule has 1 atom stereocenters. The molecule has 1 amide bonds. The largest absolute Gasteiger partial charge is 0.379 e. The molecule has 1 aromatic heterocycles. The highest BCUT2D eigenvalue weighted by atomic mass is 16.5. The predicted octanol–water partition coefficient (Wildman–Crippen LogP) is -0.719. The second-order valence-corrected chi connectivity index (χ2v) is 3.47. The third-order valence-electron chi connectivity index (χ3n) is 2.30. The van der Waals surface area contributed by atoms with Crippen LogP contribution in [0.25, 0.3) is 0 Å². The molecule has 4 N–H and O–H groups in total. The number of nitrogens with two attached hydrogens (primary N) is 1. The van der Waals surface area contributed by atoms with Crippen molar-refractivity contribution in [2.24, 2.45) is 5.84 Å². The van der Waals surface area contributed by atoms with E-state index in [0.29, 0.717) is 19.0 Å². The molecule has 1 aliphatic rings. The van der Waals surface area contributed by atoms with Gasteiger partial charge in [0.25, 0.3) is 5.91 Å². The van der Waals surface area contributed by atoms with Crippen molar-refractivity contribution in [1.82, 2.24) is 15.3 Å². The summed E-state index contributed by atoms with van der Waals surface area (Å²) in [7, 11) is 0. The number of hydrogen-bond acceptors (Lipinski definition) is 6. The van der Waals surface area contributed by atoms with E-state index < -0.39 is 0 Å². The number of carbonyl (C=O) groups excluding carboxylic acids is 1. The highest BCUT2D eigenvalue weighted by molar-refractivity contribution is 5.92. The highest BCUT2D eigenvalue weighted by Crippen LogP contribution is 2.05. The lowest BCUT2D eigenvalue weighted by Gasteiger charge is -2.09. The monoisotopic (exact) mass is 223 g/mol. The maximum atomic E-state index is 11.7. The zero-order chi connectivity index (χ0) is 11.4. The van der Waals surface area contributed by atoms with Crippen LogP contribution in [0.4, 0.5) is 5.82 Å². The van der Waals surface area contributed by atoms with Gasteiger partial charge in [-0.15, -0.1) is 0 Å². The first-order valence-electron chi connectivity index (χ1n) is 4.97. The lowest BCUT2D eigenvalue weighted by molar-refractivity contribution is 0.0924. The molecule has 0 radical (unpaired) electrons. The van der Waals surface area contributed by atoms with Gasteiger partial charge in [-0.2, -0.15) is 0 Å². The Morgan fingerprint density at radius 2 is 2.38 bits per heavy atom. The fourth-order valence-electron chi connectivity index (χ4n) is 1.43. The molecule has 0 aromatic carbocycles. The summed E-state index contributed by atoms with van der Waals surface area (Å²) in [6.07, 6.45) is 3.61. The Hall–Kier alpha value is -1.73. The second-order valence-electron chi connectivity index (χ2n) is 3.47. The molecule has 0 aliphatic carbocycles.